The van der Waals surface area contributed by atoms with Crippen molar-refractivity contribution in [3.8, 4) is 5.75 Å². The maximum atomic E-state index is 12.0. The molecule has 0 atom stereocenters. The molecule has 2 N–H and O–H groups in total. The van der Waals surface area contributed by atoms with Gasteiger partial charge in [-0.25, -0.2) is 0 Å². The summed E-state index contributed by atoms with van der Waals surface area (Å²) in [5.41, 5.74) is 8.50. The summed E-state index contributed by atoms with van der Waals surface area (Å²) >= 11 is 1.72. The van der Waals surface area contributed by atoms with Crippen molar-refractivity contribution in [2.45, 2.75) is 19.6 Å². The van der Waals surface area contributed by atoms with Gasteiger partial charge in [-0.1, -0.05) is 18.2 Å². The number of hydrogen-bond acceptors (Lipinski definition) is 4. The standard InChI is InChI=1S/C19H22N2O3S/c1-13-8-14(2)10-17(9-13)24-11-18(22)20-21-19(23)16-6-4-15(5-7-16)12-25-3/h4-10H,11-12H2,1-3H3,(H,20,22)(H,21,23). The number of aryl methyl sites for hydroxylation is 2. The number of nitrogens with one attached hydrogen (secondary N) is 2. The molecule has 0 radical (unpaired) electrons. The molecule has 0 spiro atoms. The first kappa shape index (κ1) is 18.9. The molecular formula is C19H22N2O3S. The van der Waals surface area contributed by atoms with Gasteiger partial charge < -0.3 is 4.74 Å². The van der Waals surface area contributed by atoms with E-state index in [-0.39, 0.29) is 12.5 Å². The molecule has 5 nitrogen and oxygen atoms in total. The molecule has 0 unspecified atom stereocenters. The molecule has 0 saturated carbocycles. The molecule has 0 aromatic heterocycles. The van der Waals surface area contributed by atoms with Gasteiger partial charge >= 0.3 is 0 Å². The molecule has 0 aliphatic rings. The average molecular weight is 358 g/mol. The third-order valence-corrected chi connectivity index (χ3v) is 4.03. The summed E-state index contributed by atoms with van der Waals surface area (Å²) in [5, 5.41) is 0. The highest BCUT2D eigenvalue weighted by Crippen LogP contribution is 2.16. The van der Waals surface area contributed by atoms with Crippen LogP contribution < -0.4 is 15.6 Å². The van der Waals surface area contributed by atoms with Crippen LogP contribution in [0.2, 0.25) is 0 Å². The number of carbonyl (C=O) groups excluding carboxylic acids is 2. The van der Waals surface area contributed by atoms with Crippen molar-refractivity contribution in [3.63, 3.8) is 0 Å². The largest absolute Gasteiger partial charge is 0.484 e. The number of thioether (sulfide) groups is 1. The van der Waals surface area contributed by atoms with Gasteiger partial charge in [0.15, 0.2) is 6.61 Å². The van der Waals surface area contributed by atoms with Gasteiger partial charge in [-0.3, -0.25) is 20.4 Å². The van der Waals surface area contributed by atoms with Crippen LogP contribution in [0.1, 0.15) is 27.0 Å². The van der Waals surface area contributed by atoms with Gasteiger partial charge in [-0.2, -0.15) is 11.8 Å². The summed E-state index contributed by atoms with van der Waals surface area (Å²) in [6, 6.07) is 13.0. The van der Waals surface area contributed by atoms with Crippen molar-refractivity contribution >= 4 is 23.6 Å². The maximum Gasteiger partial charge on any atom is 0.276 e. The SMILES string of the molecule is CSCc1ccc(C(=O)NNC(=O)COc2cc(C)cc(C)c2)cc1. The Hall–Kier alpha value is -2.47. The predicted octanol–water partition coefficient (Wildman–Crippen LogP) is 3.01. The summed E-state index contributed by atoms with van der Waals surface area (Å²) in [6.45, 7) is 3.76. The van der Waals surface area contributed by atoms with E-state index in [2.05, 4.69) is 10.9 Å². The fourth-order valence-electron chi connectivity index (χ4n) is 2.32. The first-order valence-corrected chi connectivity index (χ1v) is 9.25. The molecule has 0 heterocycles. The summed E-state index contributed by atoms with van der Waals surface area (Å²) in [5.74, 6) is 0.735. The number of rotatable bonds is 6. The smallest absolute Gasteiger partial charge is 0.276 e. The van der Waals surface area contributed by atoms with E-state index >= 15 is 0 Å². The van der Waals surface area contributed by atoms with Crippen LogP contribution in [0.3, 0.4) is 0 Å². The van der Waals surface area contributed by atoms with Crippen LogP contribution in [0.25, 0.3) is 0 Å². The Kier molecular flexibility index (Phi) is 6.89. The minimum absolute atomic E-state index is 0.171. The van der Waals surface area contributed by atoms with Crippen molar-refractivity contribution in [1.82, 2.24) is 10.9 Å². The molecule has 0 saturated heterocycles. The Morgan fingerprint density at radius 2 is 1.64 bits per heavy atom. The van der Waals surface area contributed by atoms with E-state index in [1.54, 1.807) is 23.9 Å². The number of carbonyl (C=O) groups is 2. The number of amides is 2. The van der Waals surface area contributed by atoms with Crippen LogP contribution in [0.4, 0.5) is 0 Å². The lowest BCUT2D eigenvalue weighted by Crippen LogP contribution is -2.43. The summed E-state index contributed by atoms with van der Waals surface area (Å²) in [4.78, 5) is 23.8. The van der Waals surface area contributed by atoms with Gasteiger partial charge in [-0.15, -0.1) is 0 Å². The lowest BCUT2D eigenvalue weighted by Gasteiger charge is -2.10. The quantitative estimate of drug-likeness (QED) is 0.779. The van der Waals surface area contributed by atoms with Crippen molar-refractivity contribution in [1.29, 1.82) is 0 Å². The van der Waals surface area contributed by atoms with Crippen LogP contribution in [0, 0.1) is 13.8 Å². The second kappa shape index (κ2) is 9.13. The van der Waals surface area contributed by atoms with E-state index in [0.29, 0.717) is 11.3 Å². The zero-order valence-electron chi connectivity index (χ0n) is 14.6. The minimum Gasteiger partial charge on any atom is -0.484 e. The van der Waals surface area contributed by atoms with E-state index in [1.807, 2.05) is 50.4 Å². The molecule has 0 aliphatic carbocycles. The second-order valence-electron chi connectivity index (χ2n) is 5.74. The Morgan fingerprint density at radius 1 is 1.00 bits per heavy atom. The third-order valence-electron chi connectivity index (χ3n) is 3.41. The number of ether oxygens (including phenoxy) is 1. The lowest BCUT2D eigenvalue weighted by atomic mass is 10.1. The van der Waals surface area contributed by atoms with Gasteiger partial charge in [0.2, 0.25) is 0 Å². The van der Waals surface area contributed by atoms with E-state index < -0.39 is 5.91 Å². The zero-order chi connectivity index (χ0) is 18.2. The fourth-order valence-corrected chi connectivity index (χ4v) is 2.84. The Balaban J connectivity index is 1.79. The van der Waals surface area contributed by atoms with Crippen molar-refractivity contribution in [2.24, 2.45) is 0 Å². The average Bonchev–Trinajstić information content (AvgIpc) is 2.58. The van der Waals surface area contributed by atoms with Gasteiger partial charge in [-0.05, 0) is 61.1 Å². The molecule has 0 fully saturated rings. The molecule has 2 aromatic carbocycles. The van der Waals surface area contributed by atoms with Crippen LogP contribution in [-0.2, 0) is 10.5 Å². The number of hydrazine groups is 1. The molecule has 132 valence electrons. The van der Waals surface area contributed by atoms with Gasteiger partial charge in [0.1, 0.15) is 5.75 Å². The van der Waals surface area contributed by atoms with Crippen LogP contribution >= 0.6 is 11.8 Å². The monoisotopic (exact) mass is 358 g/mol. The van der Waals surface area contributed by atoms with Gasteiger partial charge in [0, 0.05) is 11.3 Å². The molecule has 0 aliphatic heterocycles. The minimum atomic E-state index is -0.425. The number of hydrogen-bond donors (Lipinski definition) is 2. The Morgan fingerprint density at radius 3 is 2.24 bits per heavy atom. The normalized spacial score (nSPS) is 10.2. The van der Waals surface area contributed by atoms with Crippen LogP contribution in [0.5, 0.6) is 5.75 Å². The molecule has 2 amide bonds. The molecule has 2 rings (SSSR count). The highest BCUT2D eigenvalue weighted by Gasteiger charge is 2.08. The van der Waals surface area contributed by atoms with Crippen molar-refractivity contribution in [3.05, 3.63) is 64.7 Å². The summed E-state index contributed by atoms with van der Waals surface area (Å²) in [7, 11) is 0. The molecule has 0 bridgehead atoms. The van der Waals surface area contributed by atoms with E-state index in [4.69, 9.17) is 4.74 Å². The van der Waals surface area contributed by atoms with Gasteiger partial charge in [0.25, 0.3) is 11.8 Å². The van der Waals surface area contributed by atoms with E-state index in [9.17, 15) is 9.59 Å². The van der Waals surface area contributed by atoms with Crippen molar-refractivity contribution < 1.29 is 14.3 Å². The molecule has 25 heavy (non-hydrogen) atoms. The maximum absolute atomic E-state index is 12.0. The highest BCUT2D eigenvalue weighted by atomic mass is 32.2. The predicted molar refractivity (Wildman–Crippen MR) is 101 cm³/mol. The zero-order valence-corrected chi connectivity index (χ0v) is 15.4. The van der Waals surface area contributed by atoms with Crippen LogP contribution in [-0.4, -0.2) is 24.7 Å². The Labute approximate surface area is 152 Å². The highest BCUT2D eigenvalue weighted by molar-refractivity contribution is 7.97. The van der Waals surface area contributed by atoms with Crippen molar-refractivity contribution in [2.75, 3.05) is 12.9 Å². The van der Waals surface area contributed by atoms with Crippen LogP contribution in [0.15, 0.2) is 42.5 Å². The lowest BCUT2D eigenvalue weighted by molar-refractivity contribution is -0.123. The first-order valence-electron chi connectivity index (χ1n) is 7.86. The molecular weight excluding hydrogens is 336 g/mol. The topological polar surface area (TPSA) is 67.4 Å². The molecule has 2 aromatic rings. The second-order valence-corrected chi connectivity index (χ2v) is 6.61. The fraction of sp³-hybridized carbons (Fsp3) is 0.263. The number of benzene rings is 2. The first-order chi connectivity index (χ1) is 12.0. The summed E-state index contributed by atoms with van der Waals surface area (Å²) in [6.07, 6.45) is 2.02. The van der Waals surface area contributed by atoms with E-state index in [1.165, 1.54) is 0 Å². The van der Waals surface area contributed by atoms with Gasteiger partial charge in [0.05, 0.1) is 0 Å². The molecule has 6 heteroatoms. The van der Waals surface area contributed by atoms with E-state index in [0.717, 1.165) is 22.4 Å². The third kappa shape index (κ3) is 6.15. The Bertz CT molecular complexity index is 725. The summed E-state index contributed by atoms with van der Waals surface area (Å²) < 4.78 is 5.44.